The number of hydrogen-bond acceptors (Lipinski definition) is 6. The highest BCUT2D eigenvalue weighted by atomic mass is 79.9. The van der Waals surface area contributed by atoms with Crippen molar-refractivity contribution in [2.45, 2.75) is 44.9 Å². The van der Waals surface area contributed by atoms with Crippen LogP contribution in [0.25, 0.3) is 10.9 Å². The summed E-state index contributed by atoms with van der Waals surface area (Å²) in [6, 6.07) is 10.7. The molecule has 0 aliphatic heterocycles. The van der Waals surface area contributed by atoms with Crippen LogP contribution in [0.4, 0.5) is 0 Å². The predicted octanol–water partition coefficient (Wildman–Crippen LogP) is 5.02. The van der Waals surface area contributed by atoms with E-state index >= 15 is 0 Å². The van der Waals surface area contributed by atoms with Crippen LogP contribution in [0.15, 0.2) is 50.8 Å². The van der Waals surface area contributed by atoms with Gasteiger partial charge >= 0.3 is 5.97 Å². The Balaban J connectivity index is 1.87. The first-order valence-corrected chi connectivity index (χ1v) is 11.4. The maximum Gasteiger partial charge on any atom is 0.308 e. The molecule has 32 heavy (non-hydrogen) atoms. The lowest BCUT2D eigenvalue weighted by molar-refractivity contribution is -0.132. The van der Waals surface area contributed by atoms with Crippen molar-refractivity contribution in [1.82, 2.24) is 9.66 Å². The van der Waals surface area contributed by atoms with Gasteiger partial charge in [0.25, 0.3) is 5.56 Å². The van der Waals surface area contributed by atoms with Gasteiger partial charge in [-0.15, -0.1) is 0 Å². The van der Waals surface area contributed by atoms with Crippen molar-refractivity contribution >= 4 is 39.0 Å². The standard InChI is InChI=1S/C24H24BrN3O4/c1-15(29)32-22-17(9-6-10-21(22)31-2)14-26-28-23(16-7-4-3-5-8-16)27-20-12-11-18(25)13-19(20)24(28)30/h6,9-14,16H,3-5,7-8H2,1-2H3. The molecule has 166 valence electrons. The third-order valence-electron chi connectivity index (χ3n) is 5.59. The van der Waals surface area contributed by atoms with E-state index in [1.54, 1.807) is 24.3 Å². The first-order valence-electron chi connectivity index (χ1n) is 10.6. The van der Waals surface area contributed by atoms with Gasteiger partial charge in [0.05, 0.1) is 24.2 Å². The molecule has 0 bridgehead atoms. The third kappa shape index (κ3) is 4.60. The molecule has 0 atom stereocenters. The van der Waals surface area contributed by atoms with Crippen molar-refractivity contribution < 1.29 is 14.3 Å². The summed E-state index contributed by atoms with van der Waals surface area (Å²) < 4.78 is 12.9. The molecule has 3 aromatic rings. The van der Waals surface area contributed by atoms with E-state index in [0.29, 0.717) is 28.0 Å². The van der Waals surface area contributed by atoms with E-state index in [9.17, 15) is 9.59 Å². The van der Waals surface area contributed by atoms with Gasteiger partial charge in [0.15, 0.2) is 11.5 Å². The molecule has 0 radical (unpaired) electrons. The summed E-state index contributed by atoms with van der Waals surface area (Å²) in [6.07, 6.45) is 6.87. The minimum Gasteiger partial charge on any atom is -0.493 e. The van der Waals surface area contributed by atoms with E-state index in [4.69, 9.17) is 14.5 Å². The Morgan fingerprint density at radius 1 is 1.22 bits per heavy atom. The van der Waals surface area contributed by atoms with Gasteiger partial charge in [-0.05, 0) is 43.2 Å². The second kappa shape index (κ2) is 9.65. The topological polar surface area (TPSA) is 82.8 Å². The van der Waals surface area contributed by atoms with Gasteiger partial charge in [0.2, 0.25) is 0 Å². The highest BCUT2D eigenvalue weighted by molar-refractivity contribution is 9.10. The number of benzene rings is 2. The highest BCUT2D eigenvalue weighted by Crippen LogP contribution is 2.33. The van der Waals surface area contributed by atoms with Crippen molar-refractivity contribution in [3.05, 3.63) is 62.6 Å². The fourth-order valence-electron chi connectivity index (χ4n) is 4.07. The zero-order valence-corrected chi connectivity index (χ0v) is 19.6. The maximum atomic E-state index is 13.4. The van der Waals surface area contributed by atoms with Crippen molar-refractivity contribution in [3.63, 3.8) is 0 Å². The van der Waals surface area contributed by atoms with E-state index in [2.05, 4.69) is 21.0 Å². The van der Waals surface area contributed by atoms with Gasteiger partial charge in [-0.3, -0.25) is 9.59 Å². The molecule has 0 amide bonds. The van der Waals surface area contributed by atoms with Crippen molar-refractivity contribution in [3.8, 4) is 11.5 Å². The van der Waals surface area contributed by atoms with E-state index in [1.165, 1.54) is 31.3 Å². The second-order valence-corrected chi connectivity index (χ2v) is 8.72. The number of para-hydroxylation sites is 1. The minimum absolute atomic E-state index is 0.167. The molecule has 1 fully saturated rings. The smallest absolute Gasteiger partial charge is 0.308 e. The number of carbonyl (C=O) groups excluding carboxylic acids is 1. The van der Waals surface area contributed by atoms with Crippen LogP contribution >= 0.6 is 15.9 Å². The Hall–Kier alpha value is -3.00. The van der Waals surface area contributed by atoms with Crippen LogP contribution in [0.3, 0.4) is 0 Å². The van der Waals surface area contributed by atoms with Crippen molar-refractivity contribution in [2.75, 3.05) is 7.11 Å². The van der Waals surface area contributed by atoms with Gasteiger partial charge < -0.3 is 9.47 Å². The van der Waals surface area contributed by atoms with E-state index in [-0.39, 0.29) is 17.2 Å². The summed E-state index contributed by atoms with van der Waals surface area (Å²) in [7, 11) is 1.50. The fourth-order valence-corrected chi connectivity index (χ4v) is 4.43. The quantitative estimate of drug-likeness (QED) is 0.280. The number of esters is 1. The molecule has 1 aromatic heterocycles. The number of aromatic nitrogens is 2. The van der Waals surface area contributed by atoms with Gasteiger partial charge in [-0.2, -0.15) is 9.78 Å². The zero-order valence-electron chi connectivity index (χ0n) is 18.0. The summed E-state index contributed by atoms with van der Waals surface area (Å²) in [4.78, 5) is 29.9. The van der Waals surface area contributed by atoms with Crippen molar-refractivity contribution in [2.24, 2.45) is 5.10 Å². The van der Waals surface area contributed by atoms with Crippen LogP contribution in [-0.2, 0) is 4.79 Å². The molecular weight excluding hydrogens is 474 g/mol. The Morgan fingerprint density at radius 3 is 2.72 bits per heavy atom. The molecule has 0 unspecified atom stereocenters. The van der Waals surface area contributed by atoms with Crippen LogP contribution in [0, 0.1) is 0 Å². The SMILES string of the molecule is COc1cccc(C=Nn2c(C3CCCCC3)nc3ccc(Br)cc3c2=O)c1OC(C)=O. The number of hydrogen-bond donors (Lipinski definition) is 0. The Bertz CT molecular complexity index is 1250. The molecule has 0 N–H and O–H groups in total. The summed E-state index contributed by atoms with van der Waals surface area (Å²) in [5, 5.41) is 5.02. The molecule has 1 aliphatic carbocycles. The molecule has 0 spiro atoms. The first kappa shape index (κ1) is 22.2. The normalized spacial score (nSPS) is 14.7. The van der Waals surface area contributed by atoms with Gasteiger partial charge in [0, 0.05) is 22.9 Å². The van der Waals surface area contributed by atoms with E-state index in [0.717, 1.165) is 30.2 Å². The van der Waals surface area contributed by atoms with Crippen LogP contribution in [0.2, 0.25) is 0 Å². The fraction of sp³-hybridized carbons (Fsp3) is 0.333. The number of halogens is 1. The van der Waals surface area contributed by atoms with Crippen molar-refractivity contribution in [1.29, 1.82) is 0 Å². The second-order valence-electron chi connectivity index (χ2n) is 7.80. The van der Waals surface area contributed by atoms with E-state index in [1.807, 2.05) is 12.1 Å². The average Bonchev–Trinajstić information content (AvgIpc) is 2.79. The Kier molecular flexibility index (Phi) is 6.69. The number of rotatable bonds is 5. The van der Waals surface area contributed by atoms with Gasteiger partial charge in [0.1, 0.15) is 5.82 Å². The predicted molar refractivity (Wildman–Crippen MR) is 127 cm³/mol. The lowest BCUT2D eigenvalue weighted by atomic mass is 9.88. The van der Waals surface area contributed by atoms with Crippen LogP contribution < -0.4 is 15.0 Å². The average molecular weight is 498 g/mol. The monoisotopic (exact) mass is 497 g/mol. The largest absolute Gasteiger partial charge is 0.493 e. The molecule has 1 saturated carbocycles. The van der Waals surface area contributed by atoms with Gasteiger partial charge in [-0.1, -0.05) is 41.3 Å². The van der Waals surface area contributed by atoms with E-state index < -0.39 is 5.97 Å². The highest BCUT2D eigenvalue weighted by Gasteiger charge is 2.22. The Labute approximate surface area is 194 Å². The summed E-state index contributed by atoms with van der Waals surface area (Å²) >= 11 is 3.43. The van der Waals surface area contributed by atoms with Gasteiger partial charge in [-0.25, -0.2) is 4.98 Å². The summed E-state index contributed by atoms with van der Waals surface area (Å²) in [6.45, 7) is 1.32. The molecule has 4 rings (SSSR count). The number of methoxy groups -OCH3 is 1. The molecule has 8 heteroatoms. The first-order chi connectivity index (χ1) is 15.5. The third-order valence-corrected chi connectivity index (χ3v) is 6.08. The molecule has 0 saturated heterocycles. The molecular formula is C24H24BrN3O4. The molecule has 7 nitrogen and oxygen atoms in total. The number of carbonyl (C=O) groups is 1. The minimum atomic E-state index is -0.471. The maximum absolute atomic E-state index is 13.4. The Morgan fingerprint density at radius 2 is 2.00 bits per heavy atom. The number of nitrogens with zero attached hydrogens (tertiary/aromatic N) is 3. The number of ether oxygens (including phenoxy) is 2. The summed E-state index contributed by atoms with van der Waals surface area (Å²) in [5.74, 6) is 1.03. The molecule has 1 aliphatic rings. The lowest BCUT2D eigenvalue weighted by Crippen LogP contribution is -2.25. The molecule has 2 aromatic carbocycles. The van der Waals surface area contributed by atoms with Crippen LogP contribution in [0.1, 0.15) is 56.3 Å². The lowest BCUT2D eigenvalue weighted by Gasteiger charge is -2.22. The zero-order chi connectivity index (χ0) is 22.7. The van der Waals surface area contributed by atoms with Crippen LogP contribution in [-0.4, -0.2) is 29.0 Å². The van der Waals surface area contributed by atoms with Crippen LogP contribution in [0.5, 0.6) is 11.5 Å². The summed E-state index contributed by atoms with van der Waals surface area (Å²) in [5.41, 5.74) is 0.952. The molecule has 1 heterocycles. The number of fused-ring (bicyclic) bond motifs is 1.